The van der Waals surface area contributed by atoms with Crippen molar-refractivity contribution in [2.45, 2.75) is 0 Å². The van der Waals surface area contributed by atoms with Crippen LogP contribution in [0.3, 0.4) is 0 Å². The zero-order valence-electron chi connectivity index (χ0n) is 68.9. The first-order chi connectivity index (χ1) is 63.0. The third kappa shape index (κ3) is 12.3. The Morgan fingerprint density at radius 2 is 0.480 bits per heavy atom. The Morgan fingerprint density at radius 3 is 1.01 bits per heavy atom. The largest absolute Gasteiger partial charge is 0.456 e. The van der Waals surface area contributed by atoms with Gasteiger partial charge in [-0.15, -0.1) is 0 Å². The van der Waals surface area contributed by atoms with Crippen LogP contribution >= 0.6 is 0 Å². The fraction of sp³-hybridized carbons (Fsp3) is 0. The fourth-order valence-electron chi connectivity index (χ4n) is 20.0. The van der Waals surface area contributed by atoms with Crippen molar-refractivity contribution in [1.82, 2.24) is 0 Å². The lowest BCUT2D eigenvalue weighted by Crippen LogP contribution is -2.11. The molecule has 2 aliphatic heterocycles. The van der Waals surface area contributed by atoms with Gasteiger partial charge in [0.2, 0.25) is 0 Å². The molecule has 0 aliphatic carbocycles. The summed E-state index contributed by atoms with van der Waals surface area (Å²) in [5.41, 5.74) is 27.4. The van der Waals surface area contributed by atoms with Crippen molar-refractivity contribution in [3.63, 3.8) is 0 Å². The van der Waals surface area contributed by atoms with Crippen LogP contribution in [0, 0.1) is 0 Å². The summed E-state index contributed by atoms with van der Waals surface area (Å²) >= 11 is 0. The highest BCUT2D eigenvalue weighted by atomic mass is 16.5. The second kappa shape index (κ2) is 30.0. The summed E-state index contributed by atoms with van der Waals surface area (Å²) in [7, 11) is 0. The van der Waals surface area contributed by atoms with Crippen molar-refractivity contribution in [3.05, 3.63) is 461 Å². The first-order valence-electron chi connectivity index (χ1n) is 43.3. The molecule has 0 saturated heterocycles. The molecular formula is C120H76N4O3. The molecule has 22 aromatic carbocycles. The molecule has 594 valence electrons. The van der Waals surface area contributed by atoms with E-state index >= 15 is 0 Å². The second-order valence-corrected chi connectivity index (χ2v) is 32.9. The first-order valence-corrected chi connectivity index (χ1v) is 43.3. The number of benzene rings is 22. The summed E-state index contributed by atoms with van der Waals surface area (Å²) in [6, 6.07) is 166. The Balaban J connectivity index is 0.530. The summed E-state index contributed by atoms with van der Waals surface area (Å²) in [6.45, 7) is 0. The highest BCUT2D eigenvalue weighted by molar-refractivity contribution is 6.28. The van der Waals surface area contributed by atoms with Crippen molar-refractivity contribution in [3.8, 4) is 89.8 Å². The molecule has 7 nitrogen and oxygen atoms in total. The zero-order valence-corrected chi connectivity index (χ0v) is 68.9. The lowest BCUT2D eigenvalue weighted by molar-refractivity contribution is 0.487. The molecule has 7 heteroatoms. The molecule has 0 amide bonds. The normalized spacial score (nSPS) is 11.9. The maximum absolute atomic E-state index is 7.15. The summed E-state index contributed by atoms with van der Waals surface area (Å²) in [6.07, 6.45) is 0. The number of hydrogen-bond donors (Lipinski definition) is 0. The van der Waals surface area contributed by atoms with Crippen LogP contribution < -0.4 is 29.1 Å². The number of nitrogens with zero attached hydrogens (tertiary/aromatic N) is 4. The molecule has 0 unspecified atom stereocenters. The maximum atomic E-state index is 7.15. The number of ether oxygens (including phenoxy) is 2. The van der Waals surface area contributed by atoms with Gasteiger partial charge in [0.25, 0.3) is 0 Å². The molecule has 0 N–H and O–H groups in total. The molecule has 0 saturated carbocycles. The SMILES string of the molecule is c1ccc(N(c2ccccc2)c2ccc(-c3cc4c5cccc6c5c(cc4c4ccccc34)-c3ccc(-c4ccc(N(c5ccccc5)c5cccc(-c7cccc(N(c8ccccc8)c8cc9c%10cccc%11c%10c(cc9c9ccccc89)-c8ccc(-c9cccc%10c9oc9c(N(c%12ccccc%12)c%12ccccc%12)cccc9%10)cc8O%11)c7)c5)cc4)cc3O6)cc2)cc1. The standard InChI is InChI=1S/C120H76N4O3/c1-7-31-83(32-8-1)121(84-33-9-2-10-34-84)89-65-59-78(60-66-89)104-73-107-100-50-27-55-113-117(100)109(74-105(107)95-46-20-19-45-94(95)104)98-67-61-81(71-115(98)125-113)77-57-63-90(64-58-77)122(85-35-11-3-12-36-85)91-43-23-29-79(69-91)80-30-24-44-92(70-80)124(88-41-17-6-18-42-88)112-76-108-101-51-28-56-114-118(101)110(75-106(108)96-47-21-22-48-97(96)112)99-68-62-82(72-116(99)126-114)93-49-25-52-102-103-53-26-54-111(120(103)127-119(93)102)123(86-37-13-4-14-38-86)87-39-15-5-16-40-87/h1-76H. The van der Waals surface area contributed by atoms with Gasteiger partial charge in [-0.05, 0) is 287 Å². The van der Waals surface area contributed by atoms with Crippen molar-refractivity contribution in [2.75, 3.05) is 19.6 Å². The van der Waals surface area contributed by atoms with Crippen molar-refractivity contribution in [2.24, 2.45) is 0 Å². The van der Waals surface area contributed by atoms with Crippen molar-refractivity contribution in [1.29, 1.82) is 0 Å². The molecule has 2 aliphatic rings. The third-order valence-electron chi connectivity index (χ3n) is 25.7. The minimum atomic E-state index is 0.798. The topological polar surface area (TPSA) is 44.6 Å². The van der Waals surface area contributed by atoms with Crippen LogP contribution in [-0.2, 0) is 0 Å². The molecule has 0 fully saturated rings. The summed E-state index contributed by atoms with van der Waals surface area (Å²) in [4.78, 5) is 9.38. The van der Waals surface area contributed by atoms with Crippen molar-refractivity contribution < 1.29 is 13.9 Å². The summed E-state index contributed by atoms with van der Waals surface area (Å²) in [5.74, 6) is 3.31. The molecule has 127 heavy (non-hydrogen) atoms. The molecular weight excluding hydrogens is 1550 g/mol. The molecule has 0 bridgehead atoms. The molecule has 0 atom stereocenters. The molecule has 23 aromatic rings. The maximum Gasteiger partial charge on any atom is 0.159 e. The van der Waals surface area contributed by atoms with E-state index in [2.05, 4.69) is 481 Å². The Labute approximate surface area is 734 Å². The third-order valence-corrected chi connectivity index (χ3v) is 25.7. The first kappa shape index (κ1) is 72.8. The van der Waals surface area contributed by atoms with Crippen LogP contribution in [0.25, 0.3) is 153 Å². The second-order valence-electron chi connectivity index (χ2n) is 32.9. The van der Waals surface area contributed by atoms with E-state index in [4.69, 9.17) is 13.9 Å². The minimum absolute atomic E-state index is 0.798. The number of rotatable bonds is 16. The monoisotopic (exact) mass is 1620 g/mol. The van der Waals surface area contributed by atoms with E-state index in [9.17, 15) is 0 Å². The predicted molar refractivity (Wildman–Crippen MR) is 530 cm³/mol. The zero-order chi connectivity index (χ0) is 83.6. The van der Waals surface area contributed by atoms with Crippen LogP contribution in [0.2, 0.25) is 0 Å². The van der Waals surface area contributed by atoms with E-state index in [0.29, 0.717) is 0 Å². The minimum Gasteiger partial charge on any atom is -0.456 e. The Bertz CT molecular complexity index is 8230. The van der Waals surface area contributed by atoms with Crippen LogP contribution in [0.1, 0.15) is 0 Å². The smallest absolute Gasteiger partial charge is 0.159 e. The van der Waals surface area contributed by atoms with Crippen LogP contribution in [0.15, 0.2) is 465 Å². The Morgan fingerprint density at radius 1 is 0.142 bits per heavy atom. The van der Waals surface area contributed by atoms with Gasteiger partial charge in [-0.25, -0.2) is 0 Å². The van der Waals surface area contributed by atoms with E-state index in [1.54, 1.807) is 0 Å². The number of hydrogen-bond acceptors (Lipinski definition) is 7. The van der Waals surface area contributed by atoms with Crippen molar-refractivity contribution >= 4 is 155 Å². The molecule has 1 aromatic heterocycles. The Kier molecular flexibility index (Phi) is 17.2. The average molecular weight is 1620 g/mol. The number of para-hydroxylation sites is 8. The highest BCUT2D eigenvalue weighted by Crippen LogP contribution is 2.56. The van der Waals surface area contributed by atoms with Gasteiger partial charge in [0.1, 0.15) is 28.6 Å². The fourth-order valence-corrected chi connectivity index (χ4v) is 20.0. The van der Waals surface area contributed by atoms with Crippen LogP contribution in [-0.4, -0.2) is 0 Å². The quantitative estimate of drug-likeness (QED) is 0.0893. The molecule has 3 heterocycles. The summed E-state index contributed by atoms with van der Waals surface area (Å²) < 4.78 is 21.4. The molecule has 0 spiro atoms. The number of fused-ring (bicyclic) bond motifs is 15. The summed E-state index contributed by atoms with van der Waals surface area (Å²) in [5, 5.41) is 16.0. The number of furan rings is 1. The van der Waals surface area contributed by atoms with Gasteiger partial charge in [0.15, 0.2) is 5.58 Å². The number of anilines is 12. The van der Waals surface area contributed by atoms with Gasteiger partial charge >= 0.3 is 0 Å². The lowest BCUT2D eigenvalue weighted by atomic mass is 9.86. The van der Waals surface area contributed by atoms with Gasteiger partial charge < -0.3 is 33.5 Å². The van der Waals surface area contributed by atoms with Gasteiger partial charge in [-0.2, -0.15) is 0 Å². The predicted octanol–water partition coefficient (Wildman–Crippen LogP) is 34.6. The van der Waals surface area contributed by atoms with E-state index in [0.717, 1.165) is 201 Å². The van der Waals surface area contributed by atoms with Gasteiger partial charge in [-0.1, -0.05) is 273 Å². The molecule has 0 radical (unpaired) electrons. The highest BCUT2D eigenvalue weighted by Gasteiger charge is 2.30. The van der Waals surface area contributed by atoms with Gasteiger partial charge in [0.05, 0.1) is 11.4 Å². The van der Waals surface area contributed by atoms with Gasteiger partial charge in [0, 0.05) is 100 Å². The average Bonchev–Trinajstić information content (AvgIpc) is 1.23. The molecule has 25 rings (SSSR count). The Hall–Kier alpha value is -17.0. The lowest BCUT2D eigenvalue weighted by Gasteiger charge is -2.29. The van der Waals surface area contributed by atoms with E-state index in [1.807, 2.05) is 0 Å². The van der Waals surface area contributed by atoms with Crippen LogP contribution in [0.4, 0.5) is 68.2 Å². The van der Waals surface area contributed by atoms with Gasteiger partial charge in [-0.3, -0.25) is 0 Å². The van der Waals surface area contributed by atoms with E-state index in [-0.39, 0.29) is 0 Å². The van der Waals surface area contributed by atoms with E-state index in [1.165, 1.54) is 43.4 Å². The van der Waals surface area contributed by atoms with E-state index < -0.39 is 0 Å². The van der Waals surface area contributed by atoms with Crippen LogP contribution in [0.5, 0.6) is 23.0 Å².